The first kappa shape index (κ1) is 11.0. The van der Waals surface area contributed by atoms with Gasteiger partial charge in [0.25, 0.3) is 0 Å². The van der Waals surface area contributed by atoms with Crippen LogP contribution in [0.25, 0.3) is 11.3 Å². The van der Waals surface area contributed by atoms with Crippen LogP contribution in [0.1, 0.15) is 30.7 Å². The van der Waals surface area contributed by atoms with E-state index in [4.69, 9.17) is 0 Å². The summed E-state index contributed by atoms with van der Waals surface area (Å²) in [6.45, 7) is 0. The Kier molecular flexibility index (Phi) is 2.98. The van der Waals surface area contributed by atoms with Crippen molar-refractivity contribution < 1.29 is 0 Å². The van der Waals surface area contributed by atoms with Crippen LogP contribution in [0, 0.1) is 0 Å². The Balaban J connectivity index is 1.97. The maximum atomic E-state index is 4.50. The standard InChI is InChI=1S/C15H14BrN/c16-15-9-3-8-14(17-15)13-7-2-6-12(10-13)11-4-1-5-11/h2-3,6-11H,1,4-5H2. The van der Waals surface area contributed by atoms with Gasteiger partial charge in [0.15, 0.2) is 0 Å². The normalized spacial score (nSPS) is 15.6. The van der Waals surface area contributed by atoms with E-state index in [0.717, 1.165) is 16.2 Å². The number of benzene rings is 1. The topological polar surface area (TPSA) is 12.9 Å². The Hall–Kier alpha value is -1.15. The van der Waals surface area contributed by atoms with Gasteiger partial charge < -0.3 is 0 Å². The van der Waals surface area contributed by atoms with Crippen molar-refractivity contribution in [2.75, 3.05) is 0 Å². The molecule has 0 amide bonds. The van der Waals surface area contributed by atoms with Crippen LogP contribution in [0.4, 0.5) is 0 Å². The molecule has 0 aliphatic heterocycles. The van der Waals surface area contributed by atoms with E-state index in [1.165, 1.54) is 30.4 Å². The summed E-state index contributed by atoms with van der Waals surface area (Å²) in [6.07, 6.45) is 4.06. The molecule has 3 rings (SSSR count). The minimum atomic E-state index is 0.780. The predicted octanol–water partition coefficient (Wildman–Crippen LogP) is 4.78. The van der Waals surface area contributed by atoms with Gasteiger partial charge in [0, 0.05) is 5.56 Å². The first-order valence-corrected chi connectivity index (χ1v) is 6.85. The highest BCUT2D eigenvalue weighted by Gasteiger charge is 2.19. The molecular formula is C15H14BrN. The van der Waals surface area contributed by atoms with Gasteiger partial charge in [-0.2, -0.15) is 0 Å². The third-order valence-electron chi connectivity index (χ3n) is 3.47. The number of halogens is 1. The smallest absolute Gasteiger partial charge is 0.106 e. The van der Waals surface area contributed by atoms with Gasteiger partial charge in [0.1, 0.15) is 4.60 Å². The quantitative estimate of drug-likeness (QED) is 0.725. The molecule has 2 heteroatoms. The van der Waals surface area contributed by atoms with Crippen molar-refractivity contribution in [1.82, 2.24) is 4.98 Å². The number of aromatic nitrogens is 1. The van der Waals surface area contributed by atoms with Gasteiger partial charge in [-0.1, -0.05) is 30.7 Å². The van der Waals surface area contributed by atoms with Crippen LogP contribution in [0.15, 0.2) is 47.1 Å². The molecule has 1 aromatic heterocycles. The van der Waals surface area contributed by atoms with Crippen molar-refractivity contribution in [3.63, 3.8) is 0 Å². The molecule has 1 fully saturated rings. The second-order valence-corrected chi connectivity index (χ2v) is 5.41. The largest absolute Gasteiger partial charge is 0.241 e. The third-order valence-corrected chi connectivity index (χ3v) is 3.92. The van der Waals surface area contributed by atoms with Gasteiger partial charge in [-0.3, -0.25) is 0 Å². The van der Waals surface area contributed by atoms with Gasteiger partial charge in [-0.15, -0.1) is 0 Å². The van der Waals surface area contributed by atoms with Gasteiger partial charge in [-0.25, -0.2) is 4.98 Å². The second-order valence-electron chi connectivity index (χ2n) is 4.60. The Morgan fingerprint density at radius 3 is 2.59 bits per heavy atom. The van der Waals surface area contributed by atoms with Gasteiger partial charge in [0.05, 0.1) is 5.69 Å². The Morgan fingerprint density at radius 1 is 1.06 bits per heavy atom. The van der Waals surface area contributed by atoms with Gasteiger partial charge >= 0.3 is 0 Å². The number of pyridine rings is 1. The van der Waals surface area contributed by atoms with Crippen LogP contribution >= 0.6 is 15.9 Å². The Bertz CT molecular complexity index is 532. The van der Waals surface area contributed by atoms with Crippen LogP contribution < -0.4 is 0 Å². The highest BCUT2D eigenvalue weighted by molar-refractivity contribution is 9.10. The molecule has 0 saturated heterocycles. The maximum absolute atomic E-state index is 4.50. The number of hydrogen-bond donors (Lipinski definition) is 0. The summed E-state index contributed by atoms with van der Waals surface area (Å²) in [4.78, 5) is 4.50. The van der Waals surface area contributed by atoms with Crippen molar-refractivity contribution in [1.29, 1.82) is 0 Å². The lowest BCUT2D eigenvalue weighted by Gasteiger charge is -2.26. The number of hydrogen-bond acceptors (Lipinski definition) is 1. The molecular weight excluding hydrogens is 274 g/mol. The van der Waals surface area contributed by atoms with E-state index in [1.54, 1.807) is 0 Å². The minimum absolute atomic E-state index is 0.780. The van der Waals surface area contributed by atoms with Crippen LogP contribution in [0.2, 0.25) is 0 Å². The van der Waals surface area contributed by atoms with Crippen LogP contribution in [0.3, 0.4) is 0 Å². The van der Waals surface area contributed by atoms with Crippen LogP contribution in [-0.2, 0) is 0 Å². The summed E-state index contributed by atoms with van der Waals surface area (Å²) in [7, 11) is 0. The van der Waals surface area contributed by atoms with E-state index < -0.39 is 0 Å². The monoisotopic (exact) mass is 287 g/mol. The van der Waals surface area contributed by atoms with E-state index >= 15 is 0 Å². The summed E-state index contributed by atoms with van der Waals surface area (Å²) in [6, 6.07) is 14.9. The molecule has 0 unspecified atom stereocenters. The highest BCUT2D eigenvalue weighted by atomic mass is 79.9. The zero-order chi connectivity index (χ0) is 11.7. The molecule has 0 atom stereocenters. The summed E-state index contributed by atoms with van der Waals surface area (Å²) in [5.41, 5.74) is 3.73. The zero-order valence-electron chi connectivity index (χ0n) is 9.57. The summed E-state index contributed by atoms with van der Waals surface area (Å²) >= 11 is 3.42. The maximum Gasteiger partial charge on any atom is 0.106 e. The molecule has 1 saturated carbocycles. The van der Waals surface area contributed by atoms with Crippen molar-refractivity contribution >= 4 is 15.9 Å². The summed E-state index contributed by atoms with van der Waals surface area (Å²) in [5, 5.41) is 0. The van der Waals surface area contributed by atoms with Crippen molar-refractivity contribution in [2.45, 2.75) is 25.2 Å². The summed E-state index contributed by atoms with van der Waals surface area (Å²) < 4.78 is 0.893. The average Bonchev–Trinajstić information content (AvgIpc) is 2.27. The van der Waals surface area contributed by atoms with Crippen LogP contribution in [-0.4, -0.2) is 4.98 Å². The SMILES string of the molecule is Brc1cccc(-c2cccc(C3CCC3)c2)n1. The predicted molar refractivity (Wildman–Crippen MR) is 74.0 cm³/mol. The fourth-order valence-electron chi connectivity index (χ4n) is 2.26. The molecule has 0 bridgehead atoms. The lowest BCUT2D eigenvalue weighted by molar-refractivity contribution is 0.420. The van der Waals surface area contributed by atoms with E-state index in [9.17, 15) is 0 Å². The van der Waals surface area contributed by atoms with Gasteiger partial charge in [0.2, 0.25) is 0 Å². The second kappa shape index (κ2) is 4.61. The Morgan fingerprint density at radius 2 is 1.88 bits per heavy atom. The first-order valence-electron chi connectivity index (χ1n) is 6.06. The fourth-order valence-corrected chi connectivity index (χ4v) is 2.61. The lowest BCUT2D eigenvalue weighted by Crippen LogP contribution is -2.08. The highest BCUT2D eigenvalue weighted by Crippen LogP contribution is 2.37. The zero-order valence-corrected chi connectivity index (χ0v) is 11.2. The van der Waals surface area contributed by atoms with Crippen LogP contribution in [0.5, 0.6) is 0 Å². The molecule has 1 nitrogen and oxygen atoms in total. The van der Waals surface area contributed by atoms with E-state index in [2.05, 4.69) is 51.2 Å². The van der Waals surface area contributed by atoms with Crippen molar-refractivity contribution in [2.24, 2.45) is 0 Å². The van der Waals surface area contributed by atoms with E-state index in [-0.39, 0.29) is 0 Å². The van der Waals surface area contributed by atoms with E-state index in [0.29, 0.717) is 0 Å². The Labute approximate surface area is 110 Å². The minimum Gasteiger partial charge on any atom is -0.241 e. The lowest BCUT2D eigenvalue weighted by atomic mass is 9.79. The molecule has 0 radical (unpaired) electrons. The molecule has 2 aromatic rings. The molecule has 1 heterocycles. The summed E-state index contributed by atoms with van der Waals surface area (Å²) in [5.74, 6) is 0.780. The van der Waals surface area contributed by atoms with Gasteiger partial charge in [-0.05, 0) is 58.5 Å². The van der Waals surface area contributed by atoms with Crippen molar-refractivity contribution in [3.05, 3.63) is 52.6 Å². The van der Waals surface area contributed by atoms with E-state index in [1.807, 2.05) is 12.1 Å². The molecule has 1 aliphatic rings. The molecule has 1 aromatic carbocycles. The fraction of sp³-hybridized carbons (Fsp3) is 0.267. The molecule has 0 spiro atoms. The average molecular weight is 288 g/mol. The first-order chi connectivity index (χ1) is 8.33. The molecule has 17 heavy (non-hydrogen) atoms. The molecule has 86 valence electrons. The molecule has 0 N–H and O–H groups in total. The molecule has 1 aliphatic carbocycles. The number of nitrogens with zero attached hydrogens (tertiary/aromatic N) is 1. The van der Waals surface area contributed by atoms with Crippen molar-refractivity contribution in [3.8, 4) is 11.3 Å². The third kappa shape index (κ3) is 2.27. The number of rotatable bonds is 2.